The number of benzene rings is 1. The van der Waals surface area contributed by atoms with Crippen LogP contribution in [0.2, 0.25) is 0 Å². The number of terminal acetylenes is 1. The van der Waals surface area contributed by atoms with Crippen molar-refractivity contribution in [1.82, 2.24) is 4.98 Å². The van der Waals surface area contributed by atoms with E-state index in [9.17, 15) is 23.2 Å². The largest absolute Gasteiger partial charge is 0.417 e. The molecule has 8 nitrogen and oxygen atoms in total. The van der Waals surface area contributed by atoms with Crippen LogP contribution in [0.1, 0.15) is 28.8 Å². The number of nitriles is 1. The van der Waals surface area contributed by atoms with E-state index in [0.717, 1.165) is 11.6 Å². The van der Waals surface area contributed by atoms with Gasteiger partial charge < -0.3 is 4.90 Å². The SMILES string of the molecule is C#CCN(C(=O)[C@@H]1[C@H](N=[N+]=[N-])CCN1c1nc(C)cc(C(F)(F)F)c1C#N)c1cccc(C)c1. The lowest BCUT2D eigenvalue weighted by Crippen LogP contribution is -2.50. The average molecular weight is 467 g/mol. The van der Waals surface area contributed by atoms with Crippen LogP contribution in [-0.2, 0) is 11.0 Å². The Kier molecular flexibility index (Phi) is 7.00. The number of rotatable bonds is 5. The molecule has 0 unspecified atom stereocenters. The highest BCUT2D eigenvalue weighted by atomic mass is 19.4. The van der Waals surface area contributed by atoms with Gasteiger partial charge in [-0.2, -0.15) is 18.4 Å². The molecule has 1 aromatic heterocycles. The molecule has 1 aliphatic rings. The predicted octanol–water partition coefficient (Wildman–Crippen LogP) is 4.51. The first-order valence-corrected chi connectivity index (χ1v) is 10.2. The molecule has 11 heteroatoms. The number of hydrogen-bond acceptors (Lipinski definition) is 5. The average Bonchev–Trinajstić information content (AvgIpc) is 3.19. The van der Waals surface area contributed by atoms with Crippen LogP contribution in [0.15, 0.2) is 35.4 Å². The molecule has 1 fully saturated rings. The van der Waals surface area contributed by atoms with E-state index in [0.29, 0.717) is 5.69 Å². The van der Waals surface area contributed by atoms with Gasteiger partial charge in [-0.1, -0.05) is 23.2 Å². The third-order valence-corrected chi connectivity index (χ3v) is 5.47. The van der Waals surface area contributed by atoms with Crippen LogP contribution in [0.5, 0.6) is 0 Å². The summed E-state index contributed by atoms with van der Waals surface area (Å²) in [5, 5.41) is 13.3. The van der Waals surface area contributed by atoms with Crippen molar-refractivity contribution in [2.75, 3.05) is 22.9 Å². The van der Waals surface area contributed by atoms with Gasteiger partial charge in [0.15, 0.2) is 0 Å². The lowest BCUT2D eigenvalue weighted by atomic mass is 10.0. The number of amides is 1. The molecule has 3 rings (SSSR count). The van der Waals surface area contributed by atoms with Gasteiger partial charge in [0.25, 0.3) is 5.91 Å². The van der Waals surface area contributed by atoms with Crippen molar-refractivity contribution < 1.29 is 18.0 Å². The zero-order valence-electron chi connectivity index (χ0n) is 18.4. The molecule has 0 aliphatic carbocycles. The Hall–Kier alpha value is -4.21. The van der Waals surface area contributed by atoms with E-state index in [1.165, 1.54) is 16.7 Å². The molecule has 2 atom stereocenters. The molecule has 1 aliphatic heterocycles. The number of anilines is 2. The summed E-state index contributed by atoms with van der Waals surface area (Å²) in [6.07, 6.45) is 0.877. The molecule has 34 heavy (non-hydrogen) atoms. The Labute approximate surface area is 194 Å². The Morgan fingerprint density at radius 3 is 2.74 bits per heavy atom. The summed E-state index contributed by atoms with van der Waals surface area (Å²) in [6, 6.07) is 7.27. The number of azide groups is 1. The Morgan fingerprint density at radius 2 is 2.15 bits per heavy atom. The van der Waals surface area contributed by atoms with Crippen LogP contribution in [0.25, 0.3) is 10.4 Å². The van der Waals surface area contributed by atoms with Gasteiger partial charge in [0.2, 0.25) is 0 Å². The quantitative estimate of drug-likeness (QED) is 0.279. The lowest BCUT2D eigenvalue weighted by molar-refractivity contribution is -0.137. The van der Waals surface area contributed by atoms with Gasteiger partial charge in [-0.25, -0.2) is 4.98 Å². The number of carbonyl (C=O) groups excluding carboxylic acids is 1. The summed E-state index contributed by atoms with van der Waals surface area (Å²) >= 11 is 0. The lowest BCUT2D eigenvalue weighted by Gasteiger charge is -2.32. The second-order valence-corrected chi connectivity index (χ2v) is 7.79. The van der Waals surface area contributed by atoms with E-state index >= 15 is 0 Å². The summed E-state index contributed by atoms with van der Waals surface area (Å²) in [5.74, 6) is 1.56. The highest BCUT2D eigenvalue weighted by molar-refractivity contribution is 6.00. The van der Waals surface area contributed by atoms with Gasteiger partial charge in [-0.05, 0) is 49.6 Å². The first-order valence-electron chi connectivity index (χ1n) is 10.2. The third-order valence-electron chi connectivity index (χ3n) is 5.47. The van der Waals surface area contributed by atoms with Crippen molar-refractivity contribution in [3.05, 3.63) is 63.2 Å². The summed E-state index contributed by atoms with van der Waals surface area (Å²) in [6.45, 7) is 3.15. The van der Waals surface area contributed by atoms with Gasteiger partial charge in [0.05, 0.1) is 18.2 Å². The summed E-state index contributed by atoms with van der Waals surface area (Å²) in [5.41, 5.74) is 8.58. The summed E-state index contributed by atoms with van der Waals surface area (Å²) in [7, 11) is 0. The normalized spacial score (nSPS) is 17.4. The smallest absolute Gasteiger partial charge is 0.343 e. The van der Waals surface area contributed by atoms with Crippen LogP contribution < -0.4 is 9.80 Å². The number of aryl methyl sites for hydroxylation is 2. The Morgan fingerprint density at radius 1 is 1.41 bits per heavy atom. The molecule has 0 radical (unpaired) electrons. The minimum absolute atomic E-state index is 0.0268. The molecular weight excluding hydrogens is 447 g/mol. The molecule has 2 heterocycles. The zero-order chi connectivity index (χ0) is 25.0. The van der Waals surface area contributed by atoms with E-state index < -0.39 is 35.3 Å². The standard InChI is InChI=1S/C23H20F3N7O/c1-4-9-32(16-7-5-6-14(2)11-16)22(34)20-19(30-31-28)8-10-33(20)21-17(13-27)18(23(24,25)26)12-15(3)29-21/h1,5-7,11-12,19-20H,8-10H2,2-3H3/t19-,20+/m1/s1. The van der Waals surface area contributed by atoms with Crippen LogP contribution in [0.4, 0.5) is 24.7 Å². The van der Waals surface area contributed by atoms with Crippen molar-refractivity contribution in [2.24, 2.45) is 5.11 Å². The van der Waals surface area contributed by atoms with Crippen molar-refractivity contribution in [1.29, 1.82) is 5.26 Å². The molecule has 174 valence electrons. The second-order valence-electron chi connectivity index (χ2n) is 7.79. The minimum atomic E-state index is -4.80. The van der Waals surface area contributed by atoms with E-state index in [-0.39, 0.29) is 31.0 Å². The fraction of sp³-hybridized carbons (Fsp3) is 0.348. The van der Waals surface area contributed by atoms with Crippen molar-refractivity contribution in [3.8, 4) is 18.4 Å². The van der Waals surface area contributed by atoms with Gasteiger partial charge in [0.1, 0.15) is 23.5 Å². The van der Waals surface area contributed by atoms with E-state index in [4.69, 9.17) is 12.0 Å². The molecule has 0 spiro atoms. The number of hydrogen-bond donors (Lipinski definition) is 0. The van der Waals surface area contributed by atoms with Crippen molar-refractivity contribution in [3.63, 3.8) is 0 Å². The first-order chi connectivity index (χ1) is 16.1. The number of halogens is 3. The monoisotopic (exact) mass is 467 g/mol. The van der Waals surface area contributed by atoms with Crippen LogP contribution in [0, 0.1) is 37.5 Å². The van der Waals surface area contributed by atoms with Crippen LogP contribution >= 0.6 is 0 Å². The molecule has 2 aromatic rings. The Balaban J connectivity index is 2.17. The highest BCUT2D eigenvalue weighted by Gasteiger charge is 2.44. The zero-order valence-corrected chi connectivity index (χ0v) is 18.4. The highest BCUT2D eigenvalue weighted by Crippen LogP contribution is 2.38. The number of aromatic nitrogens is 1. The van der Waals surface area contributed by atoms with E-state index in [1.807, 2.05) is 13.0 Å². The fourth-order valence-corrected chi connectivity index (χ4v) is 4.04. The van der Waals surface area contributed by atoms with Gasteiger partial charge in [0, 0.05) is 22.8 Å². The summed E-state index contributed by atoms with van der Waals surface area (Å²) < 4.78 is 41.0. The molecule has 0 bridgehead atoms. The molecular formula is C23H20F3N7O. The van der Waals surface area contributed by atoms with E-state index in [2.05, 4.69) is 20.9 Å². The second kappa shape index (κ2) is 9.74. The van der Waals surface area contributed by atoms with Crippen LogP contribution in [-0.4, -0.2) is 36.1 Å². The maximum absolute atomic E-state index is 13.8. The van der Waals surface area contributed by atoms with Crippen molar-refractivity contribution >= 4 is 17.4 Å². The molecule has 0 saturated carbocycles. The maximum Gasteiger partial charge on any atom is 0.417 e. The number of alkyl halides is 3. The molecule has 1 aromatic carbocycles. The van der Waals surface area contributed by atoms with Gasteiger partial charge in [-0.3, -0.25) is 9.69 Å². The first kappa shape index (κ1) is 24.4. The van der Waals surface area contributed by atoms with Crippen LogP contribution in [0.3, 0.4) is 0 Å². The topological polar surface area (TPSA) is 109 Å². The predicted molar refractivity (Wildman–Crippen MR) is 120 cm³/mol. The Bertz CT molecular complexity index is 1240. The number of pyridine rings is 1. The molecule has 1 amide bonds. The molecule has 0 N–H and O–H groups in total. The third kappa shape index (κ3) is 4.75. The van der Waals surface area contributed by atoms with Gasteiger partial charge >= 0.3 is 6.18 Å². The number of carbonyl (C=O) groups is 1. The van der Waals surface area contributed by atoms with E-state index in [1.54, 1.807) is 24.3 Å². The number of nitrogens with zero attached hydrogens (tertiary/aromatic N) is 7. The maximum atomic E-state index is 13.8. The summed E-state index contributed by atoms with van der Waals surface area (Å²) in [4.78, 5) is 23.4. The molecule has 1 saturated heterocycles. The van der Waals surface area contributed by atoms with Crippen molar-refractivity contribution in [2.45, 2.75) is 38.5 Å². The minimum Gasteiger partial charge on any atom is -0.343 e. The fourth-order valence-electron chi connectivity index (χ4n) is 4.04. The van der Waals surface area contributed by atoms with Gasteiger partial charge in [-0.15, -0.1) is 6.42 Å².